The van der Waals surface area contributed by atoms with Crippen molar-refractivity contribution < 1.29 is 4.52 Å². The van der Waals surface area contributed by atoms with Crippen molar-refractivity contribution in [1.29, 1.82) is 0 Å². The Balaban J connectivity index is 1.49. The first-order valence-corrected chi connectivity index (χ1v) is 10.1. The summed E-state index contributed by atoms with van der Waals surface area (Å²) in [6.07, 6.45) is 7.36. The summed E-state index contributed by atoms with van der Waals surface area (Å²) in [5.41, 5.74) is 9.08. The molecule has 4 aromatic rings. The monoisotopic (exact) mass is 418 g/mol. The molecular formula is C22H19ClN6O. The first kappa shape index (κ1) is 18.7. The van der Waals surface area contributed by atoms with Gasteiger partial charge < -0.3 is 10.3 Å². The molecule has 1 saturated carbocycles. The summed E-state index contributed by atoms with van der Waals surface area (Å²) >= 11 is 5.88. The summed E-state index contributed by atoms with van der Waals surface area (Å²) in [7, 11) is 0. The molecule has 1 aromatic carbocycles. The van der Waals surface area contributed by atoms with E-state index in [9.17, 15) is 0 Å². The molecule has 0 radical (unpaired) electrons. The molecule has 1 aliphatic carbocycles. The van der Waals surface area contributed by atoms with Crippen molar-refractivity contribution in [3.63, 3.8) is 0 Å². The van der Waals surface area contributed by atoms with E-state index in [1.807, 2.05) is 6.07 Å². The average Bonchev–Trinajstić information content (AvgIpc) is 3.52. The number of pyridine rings is 1. The van der Waals surface area contributed by atoms with Crippen LogP contribution in [0.4, 0.5) is 5.95 Å². The minimum atomic E-state index is -0.336. The zero-order valence-corrected chi connectivity index (χ0v) is 17.0. The van der Waals surface area contributed by atoms with Crippen molar-refractivity contribution in [2.45, 2.75) is 25.2 Å². The maximum absolute atomic E-state index is 5.88. The predicted molar refractivity (Wildman–Crippen MR) is 114 cm³/mol. The molecule has 1 aliphatic rings. The smallest absolute Gasteiger partial charge is 0.259 e. The lowest BCUT2D eigenvalue weighted by Gasteiger charge is -2.27. The van der Waals surface area contributed by atoms with Gasteiger partial charge >= 0.3 is 0 Å². The highest BCUT2D eigenvalue weighted by molar-refractivity contribution is 6.29. The molecule has 0 aliphatic heterocycles. The summed E-state index contributed by atoms with van der Waals surface area (Å²) in [6, 6.07) is 11.9. The second-order valence-electron chi connectivity index (χ2n) is 7.68. The van der Waals surface area contributed by atoms with Gasteiger partial charge in [-0.25, -0.2) is 15.0 Å². The van der Waals surface area contributed by atoms with Gasteiger partial charge in [0, 0.05) is 24.2 Å². The Morgan fingerprint density at radius 3 is 2.23 bits per heavy atom. The lowest BCUT2D eigenvalue weighted by Crippen LogP contribution is -2.28. The van der Waals surface area contributed by atoms with Crippen LogP contribution in [-0.4, -0.2) is 25.1 Å². The number of nitrogens with zero attached hydrogens (tertiary/aromatic N) is 5. The van der Waals surface area contributed by atoms with Gasteiger partial charge in [0.2, 0.25) is 5.95 Å². The highest BCUT2D eigenvalue weighted by Crippen LogP contribution is 2.50. The van der Waals surface area contributed by atoms with Crippen molar-refractivity contribution in [3.05, 3.63) is 71.5 Å². The number of hydrogen-bond donors (Lipinski definition) is 1. The molecule has 0 saturated heterocycles. The zero-order chi connectivity index (χ0) is 20.7. The van der Waals surface area contributed by atoms with Crippen LogP contribution in [0.3, 0.4) is 0 Å². The van der Waals surface area contributed by atoms with Crippen LogP contribution in [0.1, 0.15) is 31.2 Å². The Bertz CT molecular complexity index is 1170. The summed E-state index contributed by atoms with van der Waals surface area (Å²) in [6.45, 7) is 2.18. The first-order chi connectivity index (χ1) is 14.5. The van der Waals surface area contributed by atoms with Crippen LogP contribution < -0.4 is 5.73 Å². The topological polar surface area (TPSA) is 104 Å². The standard InChI is InChI=1S/C22H19ClN6O/c1-22(17-7-8-17,20-28-19(30-29-20)14-4-9-18(23)25-10-14)16-5-2-13(3-6-16)15-11-26-21(24)27-12-15/h2-6,9-12,17H,7-8H2,1H3,(H2,24,26,27). The van der Waals surface area contributed by atoms with Gasteiger partial charge in [-0.05, 0) is 48.9 Å². The highest BCUT2D eigenvalue weighted by Gasteiger charge is 2.47. The van der Waals surface area contributed by atoms with Crippen LogP contribution in [0.25, 0.3) is 22.6 Å². The highest BCUT2D eigenvalue weighted by atomic mass is 35.5. The molecular weight excluding hydrogens is 400 g/mol. The first-order valence-electron chi connectivity index (χ1n) is 9.68. The maximum Gasteiger partial charge on any atom is 0.259 e. The Kier molecular flexibility index (Phi) is 4.47. The van der Waals surface area contributed by atoms with Gasteiger partial charge in [-0.1, -0.05) is 41.0 Å². The zero-order valence-electron chi connectivity index (χ0n) is 16.3. The molecule has 0 spiro atoms. The fourth-order valence-corrected chi connectivity index (χ4v) is 3.87. The minimum Gasteiger partial charge on any atom is -0.368 e. The summed E-state index contributed by atoms with van der Waals surface area (Å²) in [5.74, 6) is 1.85. The minimum absolute atomic E-state index is 0.264. The molecule has 3 heterocycles. The van der Waals surface area contributed by atoms with Gasteiger partial charge in [-0.15, -0.1) is 0 Å². The van der Waals surface area contributed by atoms with E-state index in [1.54, 1.807) is 24.7 Å². The third-order valence-corrected chi connectivity index (χ3v) is 5.97. The molecule has 30 heavy (non-hydrogen) atoms. The van der Waals surface area contributed by atoms with E-state index in [2.05, 4.69) is 51.3 Å². The van der Waals surface area contributed by atoms with Gasteiger partial charge in [-0.2, -0.15) is 4.98 Å². The molecule has 1 fully saturated rings. The molecule has 0 bridgehead atoms. The van der Waals surface area contributed by atoms with Crippen LogP contribution in [0, 0.1) is 5.92 Å². The Morgan fingerprint density at radius 2 is 1.60 bits per heavy atom. The van der Waals surface area contributed by atoms with Gasteiger partial charge in [-0.3, -0.25) is 0 Å². The average molecular weight is 419 g/mol. The molecule has 5 rings (SSSR count). The lowest BCUT2D eigenvalue weighted by atomic mass is 9.76. The van der Waals surface area contributed by atoms with E-state index in [4.69, 9.17) is 26.8 Å². The molecule has 2 N–H and O–H groups in total. The van der Waals surface area contributed by atoms with Crippen molar-refractivity contribution >= 4 is 17.5 Å². The number of nitrogen functional groups attached to an aromatic ring is 1. The third-order valence-electron chi connectivity index (χ3n) is 5.75. The Labute approximate surface area is 178 Å². The number of aromatic nitrogens is 5. The van der Waals surface area contributed by atoms with Gasteiger partial charge in [0.1, 0.15) is 5.15 Å². The number of benzene rings is 1. The predicted octanol–water partition coefficient (Wildman–Crippen LogP) is 4.54. The van der Waals surface area contributed by atoms with Crippen LogP contribution >= 0.6 is 11.6 Å². The van der Waals surface area contributed by atoms with Crippen molar-refractivity contribution in [3.8, 4) is 22.6 Å². The quantitative estimate of drug-likeness (QED) is 0.474. The van der Waals surface area contributed by atoms with E-state index < -0.39 is 0 Å². The largest absolute Gasteiger partial charge is 0.368 e. The van der Waals surface area contributed by atoms with E-state index in [1.165, 1.54) is 0 Å². The molecule has 1 unspecified atom stereocenters. The molecule has 1 atom stereocenters. The van der Waals surface area contributed by atoms with Crippen molar-refractivity contribution in [2.24, 2.45) is 5.92 Å². The fourth-order valence-electron chi connectivity index (χ4n) is 3.76. The summed E-state index contributed by atoms with van der Waals surface area (Å²) in [4.78, 5) is 17.0. The number of anilines is 1. The van der Waals surface area contributed by atoms with E-state index in [0.717, 1.165) is 35.1 Å². The SMILES string of the molecule is CC(c1ccc(-c2cnc(N)nc2)cc1)(c1noc(-c2ccc(Cl)nc2)n1)C1CC1. The number of rotatable bonds is 5. The molecule has 150 valence electrons. The van der Waals surface area contributed by atoms with Gasteiger partial charge in [0.15, 0.2) is 5.82 Å². The molecule has 0 amide bonds. The second kappa shape index (κ2) is 7.18. The van der Waals surface area contributed by atoms with E-state index in [0.29, 0.717) is 22.8 Å². The Hall–Kier alpha value is -3.32. The maximum atomic E-state index is 5.88. The van der Waals surface area contributed by atoms with Crippen LogP contribution in [0.15, 0.2) is 59.5 Å². The fraction of sp³-hybridized carbons (Fsp3) is 0.227. The summed E-state index contributed by atoms with van der Waals surface area (Å²) < 4.78 is 5.57. The van der Waals surface area contributed by atoms with Gasteiger partial charge in [0.25, 0.3) is 5.89 Å². The van der Waals surface area contributed by atoms with Crippen LogP contribution in [-0.2, 0) is 5.41 Å². The molecule has 7 nitrogen and oxygen atoms in total. The van der Waals surface area contributed by atoms with Crippen LogP contribution in [0.5, 0.6) is 0 Å². The van der Waals surface area contributed by atoms with Crippen LogP contribution in [0.2, 0.25) is 5.15 Å². The Morgan fingerprint density at radius 1 is 0.933 bits per heavy atom. The van der Waals surface area contributed by atoms with E-state index in [-0.39, 0.29) is 11.4 Å². The normalized spacial score (nSPS) is 15.7. The lowest BCUT2D eigenvalue weighted by molar-refractivity contribution is 0.386. The number of hydrogen-bond acceptors (Lipinski definition) is 7. The molecule has 3 aromatic heterocycles. The van der Waals surface area contributed by atoms with Crippen molar-refractivity contribution in [1.82, 2.24) is 25.1 Å². The van der Waals surface area contributed by atoms with E-state index >= 15 is 0 Å². The van der Waals surface area contributed by atoms with Crippen molar-refractivity contribution in [2.75, 3.05) is 5.73 Å². The summed E-state index contributed by atoms with van der Waals surface area (Å²) in [5, 5.41) is 4.76. The number of halogens is 1. The second-order valence-corrected chi connectivity index (χ2v) is 8.06. The van der Waals surface area contributed by atoms with Gasteiger partial charge in [0.05, 0.1) is 11.0 Å². The third kappa shape index (κ3) is 3.31. The molecule has 8 heteroatoms. The number of nitrogens with two attached hydrogens (primary N) is 1.